The Labute approximate surface area is 205 Å². The molecule has 2 aromatic carbocycles. The summed E-state index contributed by atoms with van der Waals surface area (Å²) < 4.78 is 7.27. The third-order valence-corrected chi connectivity index (χ3v) is 5.86. The van der Waals surface area contributed by atoms with Crippen LogP contribution in [0.25, 0.3) is 16.9 Å². The minimum atomic E-state index is -0.333. The Morgan fingerprint density at radius 3 is 2.46 bits per heavy atom. The Morgan fingerprint density at radius 2 is 1.80 bits per heavy atom. The van der Waals surface area contributed by atoms with Crippen LogP contribution >= 0.6 is 0 Å². The van der Waals surface area contributed by atoms with Gasteiger partial charge in [0.1, 0.15) is 12.3 Å². The quantitative estimate of drug-likeness (QED) is 0.375. The summed E-state index contributed by atoms with van der Waals surface area (Å²) in [5, 5.41) is 2.93. The van der Waals surface area contributed by atoms with E-state index in [-0.39, 0.29) is 30.8 Å². The molecule has 0 aliphatic rings. The van der Waals surface area contributed by atoms with Crippen LogP contribution in [0.2, 0.25) is 0 Å². The molecular formula is C28H30N4O3. The summed E-state index contributed by atoms with van der Waals surface area (Å²) >= 11 is 0. The summed E-state index contributed by atoms with van der Waals surface area (Å²) in [6.45, 7) is 7.85. The number of amides is 2. The van der Waals surface area contributed by atoms with Crippen molar-refractivity contribution < 1.29 is 14.0 Å². The van der Waals surface area contributed by atoms with Crippen molar-refractivity contribution in [3.63, 3.8) is 0 Å². The molecule has 2 amide bonds. The Bertz CT molecular complexity index is 1310. The molecule has 0 aliphatic carbocycles. The predicted octanol–water partition coefficient (Wildman–Crippen LogP) is 5.37. The summed E-state index contributed by atoms with van der Waals surface area (Å²) in [5.41, 5.74) is 4.90. The van der Waals surface area contributed by atoms with Gasteiger partial charge in [-0.05, 0) is 49.2 Å². The molecule has 0 bridgehead atoms. The summed E-state index contributed by atoms with van der Waals surface area (Å²) in [6, 6.07) is 19.5. The third-order valence-electron chi connectivity index (χ3n) is 5.86. The molecule has 2 heterocycles. The van der Waals surface area contributed by atoms with Crippen LogP contribution in [0, 0.1) is 19.8 Å². The van der Waals surface area contributed by atoms with Crippen molar-refractivity contribution in [1.29, 1.82) is 0 Å². The first-order chi connectivity index (χ1) is 16.8. The fourth-order valence-corrected chi connectivity index (χ4v) is 3.79. The second-order valence-electron chi connectivity index (χ2n) is 8.93. The summed E-state index contributed by atoms with van der Waals surface area (Å²) in [6.07, 6.45) is 3.47. The lowest BCUT2D eigenvalue weighted by Gasteiger charge is -2.23. The topological polar surface area (TPSA) is 80.4 Å². The van der Waals surface area contributed by atoms with Crippen molar-refractivity contribution in [3.8, 4) is 16.9 Å². The summed E-state index contributed by atoms with van der Waals surface area (Å²) in [7, 11) is 0. The van der Waals surface area contributed by atoms with Gasteiger partial charge in [-0.15, -0.1) is 0 Å². The molecular weight excluding hydrogens is 440 g/mol. The minimum absolute atomic E-state index is 0.113. The molecule has 7 heteroatoms. The fourth-order valence-electron chi connectivity index (χ4n) is 3.79. The molecule has 0 saturated heterocycles. The maximum absolute atomic E-state index is 13.1. The number of carbonyl (C=O) groups is 2. The number of hydrogen-bond acceptors (Lipinski definition) is 4. The normalized spacial score (nSPS) is 11.0. The minimum Gasteiger partial charge on any atom is -0.467 e. The summed E-state index contributed by atoms with van der Waals surface area (Å²) in [4.78, 5) is 32.1. The molecule has 0 unspecified atom stereocenters. The van der Waals surface area contributed by atoms with Crippen LogP contribution in [-0.2, 0) is 16.1 Å². The smallest absolute Gasteiger partial charge is 0.246 e. The van der Waals surface area contributed by atoms with E-state index in [9.17, 15) is 9.59 Å². The molecule has 0 fully saturated rings. The molecule has 0 atom stereocenters. The Balaban J connectivity index is 1.63. The number of rotatable bonds is 8. The van der Waals surface area contributed by atoms with E-state index in [1.807, 2.05) is 67.1 Å². The van der Waals surface area contributed by atoms with Crippen molar-refractivity contribution in [2.24, 2.45) is 5.92 Å². The van der Waals surface area contributed by atoms with E-state index in [0.29, 0.717) is 11.7 Å². The van der Waals surface area contributed by atoms with Crippen molar-refractivity contribution in [2.75, 3.05) is 11.9 Å². The Hall–Kier alpha value is -4.13. The second-order valence-corrected chi connectivity index (χ2v) is 8.93. The average Bonchev–Trinajstić information content (AvgIpc) is 3.50. The van der Waals surface area contributed by atoms with Crippen LogP contribution in [0.5, 0.6) is 0 Å². The lowest BCUT2D eigenvalue weighted by atomic mass is 10.1. The van der Waals surface area contributed by atoms with E-state index in [1.54, 1.807) is 18.4 Å². The monoisotopic (exact) mass is 470 g/mol. The number of aromatic nitrogens is 2. The van der Waals surface area contributed by atoms with E-state index in [0.717, 1.165) is 22.5 Å². The summed E-state index contributed by atoms with van der Waals surface area (Å²) in [5.74, 6) is 0.307. The van der Waals surface area contributed by atoms with Gasteiger partial charge in [0.05, 0.1) is 18.5 Å². The van der Waals surface area contributed by atoms with Crippen LogP contribution in [0.3, 0.4) is 0 Å². The van der Waals surface area contributed by atoms with Gasteiger partial charge in [-0.2, -0.15) is 0 Å². The molecule has 0 radical (unpaired) electrons. The zero-order valence-electron chi connectivity index (χ0n) is 20.5. The maximum atomic E-state index is 13.1. The van der Waals surface area contributed by atoms with Gasteiger partial charge in [0.15, 0.2) is 0 Å². The van der Waals surface area contributed by atoms with E-state index in [1.165, 1.54) is 10.5 Å². The average molecular weight is 471 g/mol. The first kappa shape index (κ1) is 24.0. The van der Waals surface area contributed by atoms with Crippen molar-refractivity contribution in [2.45, 2.75) is 34.2 Å². The van der Waals surface area contributed by atoms with Gasteiger partial charge in [-0.25, -0.2) is 4.98 Å². The molecule has 4 rings (SSSR count). The standard InChI is InChI=1S/C28H30N4O3/c1-19(2)27(34)31(16-24-11-8-14-35-24)18-26(33)30-28-29-25(22-9-6-5-7-10-22)17-32(28)23-13-12-20(3)21(4)15-23/h5-15,17,19H,16,18H2,1-4H3,(H,29,30,33). The lowest BCUT2D eigenvalue weighted by Crippen LogP contribution is -2.39. The number of aryl methyl sites for hydroxylation is 2. The molecule has 1 N–H and O–H groups in total. The van der Waals surface area contributed by atoms with Crippen LogP contribution in [0.4, 0.5) is 5.95 Å². The van der Waals surface area contributed by atoms with E-state index in [2.05, 4.69) is 25.2 Å². The van der Waals surface area contributed by atoms with Gasteiger partial charge in [0, 0.05) is 23.4 Å². The zero-order valence-corrected chi connectivity index (χ0v) is 20.5. The molecule has 7 nitrogen and oxygen atoms in total. The molecule has 180 valence electrons. The van der Waals surface area contributed by atoms with E-state index < -0.39 is 0 Å². The molecule has 2 aromatic heterocycles. The SMILES string of the molecule is Cc1ccc(-n2cc(-c3ccccc3)nc2NC(=O)CN(Cc2ccco2)C(=O)C(C)C)cc1C. The largest absolute Gasteiger partial charge is 0.467 e. The molecule has 4 aromatic rings. The number of hydrogen-bond donors (Lipinski definition) is 1. The number of nitrogens with zero attached hydrogens (tertiary/aromatic N) is 3. The number of imidazole rings is 1. The Morgan fingerprint density at radius 1 is 1.03 bits per heavy atom. The van der Waals surface area contributed by atoms with Gasteiger partial charge in [-0.1, -0.05) is 50.2 Å². The molecule has 0 aliphatic heterocycles. The van der Waals surface area contributed by atoms with Crippen LogP contribution in [0.1, 0.15) is 30.7 Å². The van der Waals surface area contributed by atoms with Crippen LogP contribution in [-0.4, -0.2) is 32.8 Å². The second kappa shape index (κ2) is 10.4. The highest BCUT2D eigenvalue weighted by molar-refractivity contribution is 5.94. The number of benzene rings is 2. The first-order valence-corrected chi connectivity index (χ1v) is 11.6. The van der Waals surface area contributed by atoms with Gasteiger partial charge in [0.25, 0.3) is 0 Å². The number of furan rings is 1. The number of nitrogens with one attached hydrogen (secondary N) is 1. The number of anilines is 1. The van der Waals surface area contributed by atoms with Crippen molar-refractivity contribution >= 4 is 17.8 Å². The highest BCUT2D eigenvalue weighted by Gasteiger charge is 2.23. The Kier molecular flexibility index (Phi) is 7.15. The predicted molar refractivity (Wildman–Crippen MR) is 136 cm³/mol. The van der Waals surface area contributed by atoms with Crippen LogP contribution < -0.4 is 5.32 Å². The van der Waals surface area contributed by atoms with Gasteiger partial charge < -0.3 is 9.32 Å². The van der Waals surface area contributed by atoms with Gasteiger partial charge in [-0.3, -0.25) is 19.5 Å². The van der Waals surface area contributed by atoms with Gasteiger partial charge in [0.2, 0.25) is 17.8 Å². The van der Waals surface area contributed by atoms with Crippen LogP contribution in [0.15, 0.2) is 77.5 Å². The lowest BCUT2D eigenvalue weighted by molar-refractivity contribution is -0.138. The van der Waals surface area contributed by atoms with E-state index in [4.69, 9.17) is 9.40 Å². The molecule has 0 saturated carbocycles. The number of carbonyl (C=O) groups excluding carboxylic acids is 2. The van der Waals surface area contributed by atoms with Gasteiger partial charge >= 0.3 is 0 Å². The maximum Gasteiger partial charge on any atom is 0.246 e. The molecule has 35 heavy (non-hydrogen) atoms. The first-order valence-electron chi connectivity index (χ1n) is 11.6. The highest BCUT2D eigenvalue weighted by atomic mass is 16.3. The van der Waals surface area contributed by atoms with Crippen molar-refractivity contribution in [3.05, 3.63) is 90.0 Å². The fraction of sp³-hybridized carbons (Fsp3) is 0.250. The third kappa shape index (κ3) is 5.69. The van der Waals surface area contributed by atoms with E-state index >= 15 is 0 Å². The molecule has 0 spiro atoms. The zero-order chi connectivity index (χ0) is 24.9. The van der Waals surface area contributed by atoms with Crippen molar-refractivity contribution in [1.82, 2.24) is 14.5 Å². The highest BCUT2D eigenvalue weighted by Crippen LogP contribution is 2.25.